The normalized spacial score (nSPS) is 12.4. The largest absolute Gasteiger partial charge is 0.376 e. The molecule has 0 atom stereocenters. The van der Waals surface area contributed by atoms with Gasteiger partial charge in [0.2, 0.25) is 5.91 Å². The van der Waals surface area contributed by atoms with Crippen LogP contribution in [0.5, 0.6) is 0 Å². The summed E-state index contributed by atoms with van der Waals surface area (Å²) in [5.41, 5.74) is 4.61. The second-order valence-electron chi connectivity index (χ2n) is 5.99. The Bertz CT molecular complexity index is 926. The van der Waals surface area contributed by atoms with E-state index >= 15 is 0 Å². The lowest BCUT2D eigenvalue weighted by Gasteiger charge is -2.12. The van der Waals surface area contributed by atoms with E-state index in [4.69, 9.17) is 0 Å². The van der Waals surface area contributed by atoms with Crippen molar-refractivity contribution in [3.05, 3.63) is 70.2 Å². The van der Waals surface area contributed by atoms with E-state index < -0.39 is 0 Å². The number of carbonyl (C=O) groups excluding carboxylic acids is 1. The Morgan fingerprint density at radius 3 is 2.54 bits per heavy atom. The van der Waals surface area contributed by atoms with Gasteiger partial charge in [-0.1, -0.05) is 36.4 Å². The van der Waals surface area contributed by atoms with Crippen molar-refractivity contribution in [2.45, 2.75) is 12.8 Å². The molecule has 0 spiro atoms. The molecule has 0 fully saturated rings. The van der Waals surface area contributed by atoms with Crippen molar-refractivity contribution < 1.29 is 4.79 Å². The van der Waals surface area contributed by atoms with Crippen LogP contribution in [-0.2, 0) is 17.6 Å². The quantitative estimate of drug-likeness (QED) is 0.685. The van der Waals surface area contributed by atoms with Gasteiger partial charge in [0.1, 0.15) is 0 Å². The molecular formula is C20H17BrN2O. The minimum atomic E-state index is -0.0647. The van der Waals surface area contributed by atoms with Gasteiger partial charge < -0.3 is 10.6 Å². The Kier molecular flexibility index (Phi) is 3.98. The molecule has 1 aliphatic rings. The first kappa shape index (κ1) is 15.2. The van der Waals surface area contributed by atoms with E-state index in [2.05, 4.69) is 56.9 Å². The highest BCUT2D eigenvalue weighted by Gasteiger charge is 2.16. The van der Waals surface area contributed by atoms with E-state index in [-0.39, 0.29) is 12.5 Å². The third kappa shape index (κ3) is 2.78. The Labute approximate surface area is 149 Å². The second kappa shape index (κ2) is 6.29. The zero-order chi connectivity index (χ0) is 16.5. The summed E-state index contributed by atoms with van der Waals surface area (Å²) in [5, 5.41) is 8.76. The lowest BCUT2D eigenvalue weighted by atomic mass is 10.0. The molecule has 2 N–H and O–H groups in total. The van der Waals surface area contributed by atoms with Crippen LogP contribution in [0.25, 0.3) is 10.8 Å². The third-order valence-corrected chi connectivity index (χ3v) is 5.16. The molecule has 24 heavy (non-hydrogen) atoms. The van der Waals surface area contributed by atoms with Crippen LogP contribution in [0, 0.1) is 0 Å². The Morgan fingerprint density at radius 2 is 1.71 bits per heavy atom. The van der Waals surface area contributed by atoms with Gasteiger partial charge in [0, 0.05) is 15.5 Å². The molecule has 120 valence electrons. The highest BCUT2D eigenvalue weighted by atomic mass is 79.9. The van der Waals surface area contributed by atoms with Gasteiger partial charge in [-0.25, -0.2) is 0 Å². The third-order valence-electron chi connectivity index (χ3n) is 4.46. The van der Waals surface area contributed by atoms with Crippen molar-refractivity contribution >= 4 is 44.0 Å². The number of anilines is 2. The molecule has 3 aromatic rings. The summed E-state index contributed by atoms with van der Waals surface area (Å²) in [6, 6.07) is 18.3. The second-order valence-corrected chi connectivity index (χ2v) is 6.85. The molecule has 1 amide bonds. The minimum absolute atomic E-state index is 0.0647. The highest BCUT2D eigenvalue weighted by molar-refractivity contribution is 9.10. The maximum Gasteiger partial charge on any atom is 0.243 e. The maximum atomic E-state index is 12.2. The fourth-order valence-electron chi connectivity index (χ4n) is 3.33. The first-order valence-electron chi connectivity index (χ1n) is 8.04. The van der Waals surface area contributed by atoms with Crippen LogP contribution in [0.1, 0.15) is 11.1 Å². The van der Waals surface area contributed by atoms with E-state index in [0.29, 0.717) is 0 Å². The molecule has 0 radical (unpaired) electrons. The fraction of sp³-hybridized carbons (Fsp3) is 0.150. The standard InChI is InChI=1S/C20H17BrN2O/c21-16-6-1-2-7-18(16)23-19(24)12-22-17-11-10-14-9-8-13-4-3-5-15(17)20(13)14/h1-7,10-11,22H,8-9,12H2,(H,23,24). The van der Waals surface area contributed by atoms with Crippen LogP contribution in [0.15, 0.2) is 59.1 Å². The number of halogens is 1. The molecular weight excluding hydrogens is 364 g/mol. The SMILES string of the molecule is O=C(CNc1ccc2c3c(cccc13)CC2)Nc1ccccc1Br. The van der Waals surface area contributed by atoms with Gasteiger partial charge in [-0.2, -0.15) is 0 Å². The summed E-state index contributed by atoms with van der Waals surface area (Å²) in [7, 11) is 0. The van der Waals surface area contributed by atoms with Crippen LogP contribution in [0.4, 0.5) is 11.4 Å². The summed E-state index contributed by atoms with van der Waals surface area (Å²) in [4.78, 5) is 12.2. The molecule has 0 aromatic heterocycles. The summed E-state index contributed by atoms with van der Waals surface area (Å²) in [5.74, 6) is -0.0647. The Morgan fingerprint density at radius 1 is 0.917 bits per heavy atom. The lowest BCUT2D eigenvalue weighted by molar-refractivity contribution is -0.114. The Hall–Kier alpha value is -2.33. The van der Waals surface area contributed by atoms with Crippen LogP contribution in [-0.4, -0.2) is 12.5 Å². The summed E-state index contributed by atoms with van der Waals surface area (Å²) < 4.78 is 0.878. The van der Waals surface area contributed by atoms with E-state index in [9.17, 15) is 4.79 Å². The monoisotopic (exact) mass is 380 g/mol. The van der Waals surface area contributed by atoms with Gasteiger partial charge in [0.25, 0.3) is 0 Å². The molecule has 3 nitrogen and oxygen atoms in total. The maximum absolute atomic E-state index is 12.2. The van der Waals surface area contributed by atoms with Crippen LogP contribution >= 0.6 is 15.9 Å². The fourth-order valence-corrected chi connectivity index (χ4v) is 3.72. The number of hydrogen-bond donors (Lipinski definition) is 2. The topological polar surface area (TPSA) is 41.1 Å². The number of benzene rings is 3. The van der Waals surface area contributed by atoms with Gasteiger partial charge in [-0.05, 0) is 63.5 Å². The highest BCUT2D eigenvalue weighted by Crippen LogP contribution is 2.34. The zero-order valence-corrected chi connectivity index (χ0v) is 14.7. The summed E-state index contributed by atoms with van der Waals surface area (Å²) >= 11 is 3.44. The molecule has 4 rings (SSSR count). The number of para-hydroxylation sites is 1. The molecule has 1 aliphatic carbocycles. The predicted octanol–water partition coefficient (Wildman–Crippen LogP) is 4.75. The number of hydrogen-bond acceptors (Lipinski definition) is 2. The van der Waals surface area contributed by atoms with Gasteiger partial charge in [-0.3, -0.25) is 4.79 Å². The molecule has 0 unspecified atom stereocenters. The number of aryl methyl sites for hydroxylation is 2. The van der Waals surface area contributed by atoms with Gasteiger partial charge in [-0.15, -0.1) is 0 Å². The van der Waals surface area contributed by atoms with Crippen LogP contribution < -0.4 is 10.6 Å². The minimum Gasteiger partial charge on any atom is -0.376 e. The number of nitrogens with one attached hydrogen (secondary N) is 2. The average molecular weight is 381 g/mol. The van der Waals surface area contributed by atoms with Gasteiger partial charge in [0.05, 0.1) is 12.2 Å². The number of rotatable bonds is 4. The van der Waals surface area contributed by atoms with Crippen molar-refractivity contribution in [1.82, 2.24) is 0 Å². The van der Waals surface area contributed by atoms with E-state index in [0.717, 1.165) is 28.7 Å². The smallest absolute Gasteiger partial charge is 0.243 e. The number of amides is 1. The van der Waals surface area contributed by atoms with E-state index in [1.165, 1.54) is 21.9 Å². The molecule has 0 heterocycles. The molecule has 0 saturated heterocycles. The first-order chi connectivity index (χ1) is 11.7. The van der Waals surface area contributed by atoms with Crippen molar-refractivity contribution in [3.8, 4) is 0 Å². The van der Waals surface area contributed by atoms with Gasteiger partial charge >= 0.3 is 0 Å². The number of carbonyl (C=O) groups is 1. The van der Waals surface area contributed by atoms with Crippen molar-refractivity contribution in [3.63, 3.8) is 0 Å². The lowest BCUT2D eigenvalue weighted by Crippen LogP contribution is -2.22. The van der Waals surface area contributed by atoms with Crippen LogP contribution in [0.2, 0.25) is 0 Å². The van der Waals surface area contributed by atoms with E-state index in [1.807, 2.05) is 24.3 Å². The van der Waals surface area contributed by atoms with Crippen molar-refractivity contribution in [1.29, 1.82) is 0 Å². The summed E-state index contributed by atoms with van der Waals surface area (Å²) in [6.07, 6.45) is 2.22. The molecule has 3 aromatic carbocycles. The van der Waals surface area contributed by atoms with Crippen molar-refractivity contribution in [2.75, 3.05) is 17.2 Å². The Balaban J connectivity index is 1.52. The molecule has 0 saturated carbocycles. The predicted molar refractivity (Wildman–Crippen MR) is 103 cm³/mol. The molecule has 4 heteroatoms. The van der Waals surface area contributed by atoms with Crippen LogP contribution in [0.3, 0.4) is 0 Å². The molecule has 0 bridgehead atoms. The zero-order valence-electron chi connectivity index (χ0n) is 13.1. The van der Waals surface area contributed by atoms with Crippen molar-refractivity contribution in [2.24, 2.45) is 0 Å². The first-order valence-corrected chi connectivity index (χ1v) is 8.83. The average Bonchev–Trinajstić information content (AvgIpc) is 3.01. The molecule has 0 aliphatic heterocycles. The van der Waals surface area contributed by atoms with Gasteiger partial charge in [0.15, 0.2) is 0 Å². The summed E-state index contributed by atoms with van der Waals surface area (Å²) in [6.45, 7) is 0.236. The van der Waals surface area contributed by atoms with E-state index in [1.54, 1.807) is 0 Å².